The normalized spacial score (nSPS) is 24.2. The number of alkyl halides is 1. The number of esters is 2. The molecule has 3 N–H and O–H groups in total. The van der Waals surface area contributed by atoms with Gasteiger partial charge in [-0.1, -0.05) is 25.4 Å². The van der Waals surface area contributed by atoms with Crippen LogP contribution in [0.2, 0.25) is 5.15 Å². The molecular formula is C28H37ClFN4O12PS. The standard InChI is InChI=1S/C28H37ClFN4O12PS/c1-3-5-21(35)42-13-44-47(39,45-14-43-22(36)6-4-2)15-48(40,41)12-20-24(37)25(38)28(46-20)34-8-7-18-23(32-17-9-16(30)10-17)19(11-31)26(29)33-27(18)34/h7-8,16-17,20,24-25,28,37-38H,3-6,9-10,12-15H2,1-2H3,(H,32,33)/t16?,17?,20-,24-,25-,28-/m1/s1. The van der Waals surface area contributed by atoms with Crippen LogP contribution in [0.1, 0.15) is 64.2 Å². The van der Waals surface area contributed by atoms with Gasteiger partial charge in [0.2, 0.25) is 13.6 Å². The molecule has 20 heteroatoms. The molecule has 2 aliphatic rings. The Bertz CT molecular complexity index is 1650. The summed E-state index contributed by atoms with van der Waals surface area (Å²) in [6, 6.07) is 3.27. The number of halogens is 2. The maximum Gasteiger partial charge on any atom is 0.351 e. The van der Waals surface area contributed by atoms with Crippen LogP contribution < -0.4 is 5.32 Å². The molecule has 0 bridgehead atoms. The van der Waals surface area contributed by atoms with E-state index in [0.29, 0.717) is 23.9 Å². The number of aromatic nitrogens is 2. The summed E-state index contributed by atoms with van der Waals surface area (Å²) in [4.78, 5) is 27.7. The van der Waals surface area contributed by atoms with Gasteiger partial charge in [-0.05, 0) is 31.7 Å². The smallest absolute Gasteiger partial charge is 0.351 e. The number of fused-ring (bicyclic) bond motifs is 1. The van der Waals surface area contributed by atoms with Crippen LogP contribution in [-0.4, -0.2) is 95.5 Å². The van der Waals surface area contributed by atoms with Crippen molar-refractivity contribution < 1.29 is 60.4 Å². The Morgan fingerprint density at radius 2 is 1.77 bits per heavy atom. The second-order valence-corrected chi connectivity index (χ2v) is 16.3. The van der Waals surface area contributed by atoms with E-state index < -0.39 is 84.9 Å². The summed E-state index contributed by atoms with van der Waals surface area (Å²) < 4.78 is 80.2. The fourth-order valence-corrected chi connectivity index (χ4v) is 9.56. The topological polar surface area (TPSA) is 226 Å². The van der Waals surface area contributed by atoms with Crippen LogP contribution in [0.4, 0.5) is 10.1 Å². The van der Waals surface area contributed by atoms with Crippen molar-refractivity contribution in [2.75, 3.05) is 30.1 Å². The minimum absolute atomic E-state index is 0.0234. The Kier molecular flexibility index (Phi) is 12.8. The van der Waals surface area contributed by atoms with Crippen molar-refractivity contribution >= 4 is 57.7 Å². The van der Waals surface area contributed by atoms with Crippen molar-refractivity contribution in [3.05, 3.63) is 23.0 Å². The van der Waals surface area contributed by atoms with Crippen molar-refractivity contribution in [1.82, 2.24) is 9.55 Å². The second-order valence-electron chi connectivity index (χ2n) is 11.4. The molecule has 0 aromatic carbocycles. The van der Waals surface area contributed by atoms with E-state index in [9.17, 15) is 42.4 Å². The van der Waals surface area contributed by atoms with Gasteiger partial charge in [-0.2, -0.15) is 5.26 Å². The third-order valence-corrected chi connectivity index (χ3v) is 12.5. The van der Waals surface area contributed by atoms with Crippen LogP contribution in [0.5, 0.6) is 0 Å². The molecule has 1 aliphatic heterocycles. The van der Waals surface area contributed by atoms with Gasteiger partial charge in [-0.25, -0.2) is 17.8 Å². The lowest BCUT2D eigenvalue weighted by Gasteiger charge is -2.31. The molecule has 4 atom stereocenters. The summed E-state index contributed by atoms with van der Waals surface area (Å²) >= 11 is 6.30. The van der Waals surface area contributed by atoms with Crippen molar-refractivity contribution in [1.29, 1.82) is 5.26 Å². The van der Waals surface area contributed by atoms with E-state index in [0.717, 1.165) is 0 Å². The molecule has 1 saturated carbocycles. The molecule has 4 rings (SSSR count). The number of aliphatic hydroxyl groups is 2. The minimum atomic E-state index is -4.64. The summed E-state index contributed by atoms with van der Waals surface area (Å²) in [6.45, 7) is 1.62. The summed E-state index contributed by atoms with van der Waals surface area (Å²) in [5.41, 5.74) is -0.832. The zero-order valence-corrected chi connectivity index (χ0v) is 28.6. The number of nitrogens with zero attached hydrogens (tertiary/aromatic N) is 3. The number of anilines is 1. The Balaban J connectivity index is 1.50. The van der Waals surface area contributed by atoms with Gasteiger partial charge in [0.15, 0.2) is 26.7 Å². The SMILES string of the molecule is CCCC(=O)OCOP(=O)(CS(=O)(=O)C[C@H]1O[C@@H](n2ccc3c(NC4CC(F)C4)c(C#N)c(Cl)nc32)[C@H](O)[C@@H]1O)OCOC(=O)CCC. The fourth-order valence-electron chi connectivity index (χ4n) is 5.12. The Morgan fingerprint density at radius 3 is 2.31 bits per heavy atom. The highest BCUT2D eigenvalue weighted by atomic mass is 35.5. The molecule has 3 heterocycles. The molecule has 48 heavy (non-hydrogen) atoms. The van der Waals surface area contributed by atoms with Crippen LogP contribution in [0.15, 0.2) is 12.3 Å². The van der Waals surface area contributed by atoms with Gasteiger partial charge in [-0.15, -0.1) is 0 Å². The average molecular weight is 739 g/mol. The predicted molar refractivity (Wildman–Crippen MR) is 167 cm³/mol. The summed E-state index contributed by atoms with van der Waals surface area (Å²) in [5, 5.41) is 34.7. The number of aliphatic hydroxyl groups excluding tert-OH is 2. The lowest BCUT2D eigenvalue weighted by molar-refractivity contribution is -0.152. The lowest BCUT2D eigenvalue weighted by atomic mass is 9.90. The molecule has 2 aromatic rings. The molecule has 1 aliphatic carbocycles. The first-order valence-electron chi connectivity index (χ1n) is 15.1. The highest BCUT2D eigenvalue weighted by Gasteiger charge is 2.47. The fraction of sp³-hybridized carbons (Fsp3) is 0.643. The number of carbonyl (C=O) groups is 2. The van der Waals surface area contributed by atoms with Crippen molar-refractivity contribution in [2.24, 2.45) is 0 Å². The van der Waals surface area contributed by atoms with E-state index in [1.807, 2.05) is 6.07 Å². The highest BCUT2D eigenvalue weighted by molar-refractivity contribution is 7.97. The van der Waals surface area contributed by atoms with E-state index in [-0.39, 0.29) is 48.1 Å². The predicted octanol–water partition coefficient (Wildman–Crippen LogP) is 3.29. The first-order chi connectivity index (χ1) is 22.7. The Morgan fingerprint density at radius 1 is 1.17 bits per heavy atom. The molecule has 0 radical (unpaired) electrons. The number of rotatable bonds is 17. The first-order valence-corrected chi connectivity index (χ1v) is 19.1. The van der Waals surface area contributed by atoms with Crippen molar-refractivity contribution in [2.45, 2.75) is 89.1 Å². The van der Waals surface area contributed by atoms with E-state index in [4.69, 9.17) is 34.9 Å². The molecule has 2 fully saturated rings. The maximum atomic E-state index is 13.5. The van der Waals surface area contributed by atoms with E-state index in [2.05, 4.69) is 10.3 Å². The summed E-state index contributed by atoms with van der Waals surface area (Å²) in [5.74, 6) is -2.35. The zero-order valence-electron chi connectivity index (χ0n) is 26.1. The number of carbonyl (C=O) groups excluding carboxylic acids is 2. The molecule has 0 unspecified atom stereocenters. The van der Waals surface area contributed by atoms with Gasteiger partial charge in [0.1, 0.15) is 41.8 Å². The first kappa shape index (κ1) is 37.9. The van der Waals surface area contributed by atoms with E-state index in [1.54, 1.807) is 19.9 Å². The van der Waals surface area contributed by atoms with Gasteiger partial charge in [-0.3, -0.25) is 23.2 Å². The van der Waals surface area contributed by atoms with Gasteiger partial charge in [0, 0.05) is 30.5 Å². The van der Waals surface area contributed by atoms with Crippen LogP contribution in [0.3, 0.4) is 0 Å². The summed E-state index contributed by atoms with van der Waals surface area (Å²) in [7, 11) is -9.13. The number of sulfone groups is 1. The van der Waals surface area contributed by atoms with E-state index >= 15 is 0 Å². The number of hydrogen-bond donors (Lipinski definition) is 3. The van der Waals surface area contributed by atoms with E-state index in [1.165, 1.54) is 10.8 Å². The highest BCUT2D eigenvalue weighted by Crippen LogP contribution is 2.50. The monoisotopic (exact) mass is 738 g/mol. The summed E-state index contributed by atoms with van der Waals surface area (Å²) in [6.07, 6.45) is -4.47. The second kappa shape index (κ2) is 16.2. The number of nitriles is 1. The third-order valence-electron chi connectivity index (χ3n) is 7.59. The number of hydrogen-bond acceptors (Lipinski definition) is 15. The molecule has 1 saturated heterocycles. The number of pyridine rings is 1. The van der Waals surface area contributed by atoms with Gasteiger partial charge in [0.05, 0.1) is 11.4 Å². The van der Waals surface area contributed by atoms with Crippen LogP contribution in [0.25, 0.3) is 11.0 Å². The molecule has 0 amide bonds. The van der Waals surface area contributed by atoms with Gasteiger partial charge < -0.3 is 34.3 Å². The maximum absolute atomic E-state index is 13.5. The largest absolute Gasteiger partial charge is 0.438 e. The quantitative estimate of drug-likeness (QED) is 0.0916. The molecular weight excluding hydrogens is 702 g/mol. The van der Waals surface area contributed by atoms with Gasteiger partial charge >= 0.3 is 19.5 Å². The van der Waals surface area contributed by atoms with Crippen LogP contribution in [0, 0.1) is 11.3 Å². The molecule has 266 valence electrons. The Labute approximate surface area is 280 Å². The molecule has 2 aromatic heterocycles. The molecule has 0 spiro atoms. The third kappa shape index (κ3) is 9.21. The van der Waals surface area contributed by atoms with Gasteiger partial charge in [0.25, 0.3) is 0 Å². The number of nitrogens with one attached hydrogen (secondary N) is 1. The number of ether oxygens (including phenoxy) is 3. The average Bonchev–Trinajstić information content (AvgIpc) is 3.51. The van der Waals surface area contributed by atoms with Crippen LogP contribution >= 0.6 is 19.2 Å². The lowest BCUT2D eigenvalue weighted by Crippen LogP contribution is -2.36. The Hall–Kier alpha value is -2.88. The minimum Gasteiger partial charge on any atom is -0.438 e. The van der Waals surface area contributed by atoms with Crippen molar-refractivity contribution in [3.8, 4) is 6.07 Å². The zero-order chi connectivity index (χ0) is 35.2. The van der Waals surface area contributed by atoms with Crippen molar-refractivity contribution in [3.63, 3.8) is 0 Å². The van der Waals surface area contributed by atoms with Crippen LogP contribution in [-0.2, 0) is 47.2 Å². The molecule has 16 nitrogen and oxygen atoms in total.